The molecule has 1 aromatic rings. The van der Waals surface area contributed by atoms with Gasteiger partial charge < -0.3 is 10.6 Å². The van der Waals surface area contributed by atoms with Crippen LogP contribution in [0.25, 0.3) is 0 Å². The minimum Gasteiger partial charge on any atom is -0.350 e. The van der Waals surface area contributed by atoms with Crippen LogP contribution in [0, 0.1) is 11.8 Å². The van der Waals surface area contributed by atoms with Crippen LogP contribution in [-0.2, 0) is 4.79 Å². The summed E-state index contributed by atoms with van der Waals surface area (Å²) in [6, 6.07) is 8.16. The van der Waals surface area contributed by atoms with Crippen LogP contribution in [0.4, 0.5) is 0 Å². The van der Waals surface area contributed by atoms with Gasteiger partial charge in [-0.1, -0.05) is 35.0 Å². The summed E-state index contributed by atoms with van der Waals surface area (Å²) in [5, 5.41) is 6.54. The number of carbonyl (C=O) groups excluding carboxylic acids is 1. The molecule has 2 rings (SSSR count). The molecular formula is C17H25BrN2O. The fourth-order valence-corrected chi connectivity index (χ4v) is 3.22. The highest BCUT2D eigenvalue weighted by molar-refractivity contribution is 9.10. The number of hydrogen-bond donors (Lipinski definition) is 2. The van der Waals surface area contributed by atoms with Gasteiger partial charge >= 0.3 is 0 Å². The number of hydrogen-bond acceptors (Lipinski definition) is 2. The van der Waals surface area contributed by atoms with Crippen LogP contribution >= 0.6 is 15.9 Å². The zero-order valence-electron chi connectivity index (χ0n) is 12.9. The maximum Gasteiger partial charge on any atom is 0.220 e. The zero-order chi connectivity index (χ0) is 15.2. The van der Waals surface area contributed by atoms with Crippen molar-refractivity contribution in [1.29, 1.82) is 0 Å². The number of halogens is 1. The summed E-state index contributed by atoms with van der Waals surface area (Å²) in [5.41, 5.74) is 1.14. The number of carbonyl (C=O) groups is 1. The normalized spacial score (nSPS) is 21.6. The Morgan fingerprint density at radius 1 is 1.38 bits per heavy atom. The van der Waals surface area contributed by atoms with Crippen LogP contribution in [0.1, 0.15) is 44.7 Å². The van der Waals surface area contributed by atoms with Gasteiger partial charge in [0.1, 0.15) is 0 Å². The van der Waals surface area contributed by atoms with E-state index in [-0.39, 0.29) is 11.9 Å². The molecule has 4 heteroatoms. The van der Waals surface area contributed by atoms with Crippen LogP contribution in [0.3, 0.4) is 0 Å². The third-order valence-electron chi connectivity index (χ3n) is 4.39. The fourth-order valence-electron chi connectivity index (χ4n) is 2.96. The van der Waals surface area contributed by atoms with Gasteiger partial charge in [-0.3, -0.25) is 4.79 Å². The van der Waals surface area contributed by atoms with E-state index in [1.54, 1.807) is 0 Å². The third-order valence-corrected chi connectivity index (χ3v) is 4.92. The second kappa shape index (κ2) is 7.95. The molecule has 1 heterocycles. The highest BCUT2D eigenvalue weighted by Gasteiger charge is 2.22. The largest absolute Gasteiger partial charge is 0.350 e. The second-order valence-corrected chi connectivity index (χ2v) is 7.04. The van der Waals surface area contributed by atoms with E-state index in [9.17, 15) is 4.79 Å². The summed E-state index contributed by atoms with van der Waals surface area (Å²) in [6.45, 7) is 6.41. The van der Waals surface area contributed by atoms with Crippen molar-refractivity contribution in [2.24, 2.45) is 11.8 Å². The van der Waals surface area contributed by atoms with Gasteiger partial charge in [0.15, 0.2) is 0 Å². The van der Waals surface area contributed by atoms with Crippen molar-refractivity contribution in [3.8, 4) is 0 Å². The van der Waals surface area contributed by atoms with E-state index in [0.29, 0.717) is 18.3 Å². The average Bonchev–Trinajstić information content (AvgIpc) is 2.48. The molecule has 0 bridgehead atoms. The Morgan fingerprint density at radius 3 is 2.71 bits per heavy atom. The highest BCUT2D eigenvalue weighted by atomic mass is 79.9. The van der Waals surface area contributed by atoms with Crippen LogP contribution < -0.4 is 10.6 Å². The first-order valence-electron chi connectivity index (χ1n) is 7.82. The van der Waals surface area contributed by atoms with Crippen molar-refractivity contribution in [3.63, 3.8) is 0 Å². The van der Waals surface area contributed by atoms with Gasteiger partial charge in [-0.05, 0) is 62.4 Å². The summed E-state index contributed by atoms with van der Waals surface area (Å²) in [4.78, 5) is 12.2. The van der Waals surface area contributed by atoms with Gasteiger partial charge in [-0.25, -0.2) is 0 Å². The van der Waals surface area contributed by atoms with E-state index in [2.05, 4.69) is 33.5 Å². The van der Waals surface area contributed by atoms with E-state index in [0.717, 1.165) is 23.1 Å². The molecule has 2 unspecified atom stereocenters. The minimum atomic E-state index is 0.0577. The first-order chi connectivity index (χ1) is 10.1. The Kier molecular flexibility index (Phi) is 6.24. The van der Waals surface area contributed by atoms with E-state index < -0.39 is 0 Å². The van der Waals surface area contributed by atoms with Gasteiger partial charge in [0.2, 0.25) is 5.91 Å². The Morgan fingerprint density at radius 2 is 2.10 bits per heavy atom. The monoisotopic (exact) mass is 352 g/mol. The van der Waals surface area contributed by atoms with Gasteiger partial charge in [0, 0.05) is 10.9 Å². The van der Waals surface area contributed by atoms with Crippen LogP contribution in [0.15, 0.2) is 28.7 Å². The lowest BCUT2D eigenvalue weighted by Gasteiger charge is -2.28. The van der Waals surface area contributed by atoms with Gasteiger partial charge in [-0.15, -0.1) is 0 Å². The quantitative estimate of drug-likeness (QED) is 0.848. The number of nitrogens with one attached hydrogen (secondary N) is 2. The van der Waals surface area contributed by atoms with Crippen LogP contribution in [0.2, 0.25) is 0 Å². The zero-order valence-corrected chi connectivity index (χ0v) is 14.4. The summed E-state index contributed by atoms with van der Waals surface area (Å²) in [7, 11) is 0. The number of piperidine rings is 1. The summed E-state index contributed by atoms with van der Waals surface area (Å²) in [5.74, 6) is 1.23. The molecule has 1 amide bonds. The standard InChI is InChI=1S/C17H25BrN2O/c1-12(15-4-3-9-19-11-15)10-17(21)20-13(2)14-5-7-16(18)8-6-14/h5-8,12-13,15,19H,3-4,9-11H2,1-2H3,(H,20,21)/t12?,13-,15?/m1/s1. The van der Waals surface area contributed by atoms with Crippen molar-refractivity contribution in [3.05, 3.63) is 34.3 Å². The highest BCUT2D eigenvalue weighted by Crippen LogP contribution is 2.23. The molecule has 1 aliphatic rings. The predicted octanol–water partition coefficient (Wildman–Crippen LogP) is 3.65. The molecule has 2 N–H and O–H groups in total. The Labute approximate surface area is 136 Å². The molecular weight excluding hydrogens is 328 g/mol. The first-order valence-corrected chi connectivity index (χ1v) is 8.61. The Balaban J connectivity index is 1.81. The van der Waals surface area contributed by atoms with Crippen LogP contribution in [-0.4, -0.2) is 19.0 Å². The van der Waals surface area contributed by atoms with Crippen molar-refractivity contribution in [2.45, 2.75) is 39.2 Å². The summed E-state index contributed by atoms with van der Waals surface area (Å²) >= 11 is 3.43. The molecule has 21 heavy (non-hydrogen) atoms. The molecule has 0 radical (unpaired) electrons. The molecule has 3 nitrogen and oxygen atoms in total. The second-order valence-electron chi connectivity index (χ2n) is 6.13. The lowest BCUT2D eigenvalue weighted by molar-refractivity contribution is -0.123. The number of rotatable bonds is 5. The Hall–Kier alpha value is -0.870. The molecule has 3 atom stereocenters. The predicted molar refractivity (Wildman–Crippen MR) is 90.1 cm³/mol. The van der Waals surface area contributed by atoms with Crippen molar-refractivity contribution in [1.82, 2.24) is 10.6 Å². The van der Waals surface area contributed by atoms with E-state index >= 15 is 0 Å². The van der Waals surface area contributed by atoms with E-state index in [1.165, 1.54) is 12.8 Å². The molecule has 1 saturated heterocycles. The number of amides is 1. The minimum absolute atomic E-state index is 0.0577. The molecule has 0 spiro atoms. The van der Waals surface area contributed by atoms with Crippen molar-refractivity contribution in [2.75, 3.05) is 13.1 Å². The molecule has 1 aromatic carbocycles. The first kappa shape index (κ1) is 16.5. The lowest BCUT2D eigenvalue weighted by Crippen LogP contribution is -2.36. The fraction of sp³-hybridized carbons (Fsp3) is 0.588. The average molecular weight is 353 g/mol. The smallest absolute Gasteiger partial charge is 0.220 e. The van der Waals surface area contributed by atoms with Gasteiger partial charge in [0.25, 0.3) is 0 Å². The van der Waals surface area contributed by atoms with Gasteiger partial charge in [-0.2, -0.15) is 0 Å². The summed E-state index contributed by atoms with van der Waals surface area (Å²) in [6.07, 6.45) is 3.09. The van der Waals surface area contributed by atoms with Gasteiger partial charge in [0.05, 0.1) is 6.04 Å². The third kappa shape index (κ3) is 5.11. The Bertz CT molecular complexity index is 454. The molecule has 116 valence electrons. The molecule has 0 aromatic heterocycles. The lowest BCUT2D eigenvalue weighted by atomic mass is 9.85. The molecule has 0 saturated carbocycles. The molecule has 1 aliphatic heterocycles. The number of benzene rings is 1. The van der Waals surface area contributed by atoms with Crippen molar-refractivity contribution >= 4 is 21.8 Å². The summed E-state index contributed by atoms with van der Waals surface area (Å²) < 4.78 is 1.06. The topological polar surface area (TPSA) is 41.1 Å². The van der Waals surface area contributed by atoms with Crippen molar-refractivity contribution < 1.29 is 4.79 Å². The molecule has 0 aliphatic carbocycles. The van der Waals surface area contributed by atoms with E-state index in [4.69, 9.17) is 0 Å². The SMILES string of the molecule is CC(CC(=O)N[C@H](C)c1ccc(Br)cc1)C1CCCNC1. The maximum atomic E-state index is 12.2. The maximum absolute atomic E-state index is 12.2. The van der Waals surface area contributed by atoms with Crippen LogP contribution in [0.5, 0.6) is 0 Å². The van der Waals surface area contributed by atoms with E-state index in [1.807, 2.05) is 31.2 Å². The molecule has 1 fully saturated rings.